The number of fused-ring (bicyclic) bond motifs is 1. The van der Waals surface area contributed by atoms with Gasteiger partial charge in [0.1, 0.15) is 17.2 Å². The maximum absolute atomic E-state index is 6.16. The minimum Gasteiger partial charge on any atom is -0.367 e. The summed E-state index contributed by atoms with van der Waals surface area (Å²) in [6.45, 7) is 0. The summed E-state index contributed by atoms with van der Waals surface area (Å²) in [6.07, 6.45) is 7.14. The Kier molecular flexibility index (Phi) is 3.51. The highest BCUT2D eigenvalue weighted by molar-refractivity contribution is 6.30. The lowest BCUT2D eigenvalue weighted by Crippen LogP contribution is -2.16. The normalized spacial score (nSPS) is 15.5. The number of pyridine rings is 1. The van der Waals surface area contributed by atoms with Crippen molar-refractivity contribution in [3.05, 3.63) is 53.7 Å². The molecule has 3 nitrogen and oxygen atoms in total. The number of aromatic nitrogens is 2. The number of nitrogens with zero attached hydrogens (tertiary/aromatic N) is 2. The molecule has 1 aliphatic carbocycles. The zero-order chi connectivity index (χ0) is 14.9. The number of anilines is 1. The standard InChI is InChI=1S/C18H18ClN3/c19-14-7-5-6-13(12-14)17-18(20-15-8-1-2-9-15)22-11-4-3-10-16(22)21-17/h3-7,10-12,15,20H,1-2,8-9H2. The van der Waals surface area contributed by atoms with Crippen LogP contribution in [0.15, 0.2) is 48.7 Å². The van der Waals surface area contributed by atoms with Gasteiger partial charge < -0.3 is 5.32 Å². The molecule has 0 bridgehead atoms. The number of halogens is 1. The minimum absolute atomic E-state index is 0.540. The van der Waals surface area contributed by atoms with E-state index in [-0.39, 0.29) is 0 Å². The molecule has 1 aromatic carbocycles. The number of rotatable bonds is 3. The summed E-state index contributed by atoms with van der Waals surface area (Å²) in [6, 6.07) is 14.5. The van der Waals surface area contributed by atoms with E-state index < -0.39 is 0 Å². The van der Waals surface area contributed by atoms with Crippen molar-refractivity contribution in [2.45, 2.75) is 31.7 Å². The van der Waals surface area contributed by atoms with E-state index in [0.717, 1.165) is 27.7 Å². The van der Waals surface area contributed by atoms with Gasteiger partial charge in [0, 0.05) is 22.8 Å². The van der Waals surface area contributed by atoms with E-state index in [4.69, 9.17) is 16.6 Å². The first-order valence-corrected chi connectivity index (χ1v) is 8.18. The molecule has 0 saturated heterocycles. The van der Waals surface area contributed by atoms with Gasteiger partial charge in [-0.1, -0.05) is 42.6 Å². The van der Waals surface area contributed by atoms with Gasteiger partial charge in [-0.3, -0.25) is 4.40 Å². The first kappa shape index (κ1) is 13.6. The molecule has 4 heteroatoms. The maximum Gasteiger partial charge on any atom is 0.139 e. The van der Waals surface area contributed by atoms with E-state index in [1.807, 2.05) is 36.4 Å². The van der Waals surface area contributed by atoms with Gasteiger partial charge in [-0.25, -0.2) is 4.98 Å². The highest BCUT2D eigenvalue weighted by atomic mass is 35.5. The Hall–Kier alpha value is -2.00. The highest BCUT2D eigenvalue weighted by Crippen LogP contribution is 2.32. The van der Waals surface area contributed by atoms with Crippen LogP contribution in [0.3, 0.4) is 0 Å². The predicted molar refractivity (Wildman–Crippen MR) is 91.5 cm³/mol. The molecular formula is C18H18ClN3. The SMILES string of the molecule is Clc1cccc(-c2nc3ccccn3c2NC2CCCC2)c1. The Morgan fingerprint density at radius 2 is 1.95 bits per heavy atom. The molecule has 1 N–H and O–H groups in total. The summed E-state index contributed by atoms with van der Waals surface area (Å²) >= 11 is 6.16. The van der Waals surface area contributed by atoms with Crippen LogP contribution in [-0.2, 0) is 0 Å². The quantitative estimate of drug-likeness (QED) is 0.736. The zero-order valence-corrected chi connectivity index (χ0v) is 13.1. The van der Waals surface area contributed by atoms with Crippen molar-refractivity contribution in [1.82, 2.24) is 9.38 Å². The van der Waals surface area contributed by atoms with Crippen LogP contribution in [0.1, 0.15) is 25.7 Å². The van der Waals surface area contributed by atoms with Gasteiger partial charge in [-0.15, -0.1) is 0 Å². The third-order valence-electron chi connectivity index (χ3n) is 4.32. The fourth-order valence-corrected chi connectivity index (χ4v) is 3.42. The summed E-state index contributed by atoms with van der Waals surface area (Å²) in [4.78, 5) is 4.81. The summed E-state index contributed by atoms with van der Waals surface area (Å²) in [7, 11) is 0. The summed E-state index contributed by atoms with van der Waals surface area (Å²) in [5.41, 5.74) is 2.98. The molecule has 0 unspecified atom stereocenters. The third-order valence-corrected chi connectivity index (χ3v) is 4.56. The molecule has 0 spiro atoms. The molecule has 1 saturated carbocycles. The second kappa shape index (κ2) is 5.65. The van der Waals surface area contributed by atoms with Crippen molar-refractivity contribution in [3.63, 3.8) is 0 Å². The van der Waals surface area contributed by atoms with Crippen LogP contribution in [-0.4, -0.2) is 15.4 Å². The van der Waals surface area contributed by atoms with E-state index in [9.17, 15) is 0 Å². The molecule has 1 fully saturated rings. The van der Waals surface area contributed by atoms with Gasteiger partial charge in [-0.2, -0.15) is 0 Å². The van der Waals surface area contributed by atoms with Crippen molar-refractivity contribution in [3.8, 4) is 11.3 Å². The van der Waals surface area contributed by atoms with Gasteiger partial charge in [0.25, 0.3) is 0 Å². The van der Waals surface area contributed by atoms with Gasteiger partial charge in [0.2, 0.25) is 0 Å². The number of nitrogens with one attached hydrogen (secondary N) is 1. The van der Waals surface area contributed by atoms with E-state index in [0.29, 0.717) is 6.04 Å². The molecule has 2 heterocycles. The number of benzene rings is 1. The average Bonchev–Trinajstić information content (AvgIpc) is 3.16. The molecule has 0 aliphatic heterocycles. The van der Waals surface area contributed by atoms with Crippen LogP contribution in [0, 0.1) is 0 Å². The van der Waals surface area contributed by atoms with Crippen LogP contribution in [0.25, 0.3) is 16.9 Å². The molecule has 4 rings (SSSR count). The fraction of sp³-hybridized carbons (Fsp3) is 0.278. The smallest absolute Gasteiger partial charge is 0.139 e. The topological polar surface area (TPSA) is 29.3 Å². The summed E-state index contributed by atoms with van der Waals surface area (Å²) in [5.74, 6) is 1.07. The van der Waals surface area contributed by atoms with E-state index in [1.54, 1.807) is 0 Å². The van der Waals surface area contributed by atoms with Crippen LogP contribution in [0.2, 0.25) is 5.02 Å². The number of hydrogen-bond donors (Lipinski definition) is 1. The molecule has 0 atom stereocenters. The first-order valence-electron chi connectivity index (χ1n) is 7.81. The molecule has 22 heavy (non-hydrogen) atoms. The van der Waals surface area contributed by atoms with Gasteiger partial charge in [0.15, 0.2) is 0 Å². The van der Waals surface area contributed by atoms with Gasteiger partial charge >= 0.3 is 0 Å². The van der Waals surface area contributed by atoms with E-state index >= 15 is 0 Å². The molecule has 0 amide bonds. The molecule has 0 radical (unpaired) electrons. The van der Waals surface area contributed by atoms with Crippen LogP contribution >= 0.6 is 11.6 Å². The van der Waals surface area contributed by atoms with Crippen LogP contribution in [0.5, 0.6) is 0 Å². The Morgan fingerprint density at radius 1 is 1.09 bits per heavy atom. The fourth-order valence-electron chi connectivity index (χ4n) is 3.23. The minimum atomic E-state index is 0.540. The summed E-state index contributed by atoms with van der Waals surface area (Å²) in [5, 5.41) is 4.45. The molecule has 112 valence electrons. The summed E-state index contributed by atoms with van der Waals surface area (Å²) < 4.78 is 2.13. The van der Waals surface area contributed by atoms with Crippen molar-refractivity contribution < 1.29 is 0 Å². The molecule has 1 aliphatic rings. The monoisotopic (exact) mass is 311 g/mol. The largest absolute Gasteiger partial charge is 0.367 e. The van der Waals surface area contributed by atoms with E-state index in [1.165, 1.54) is 25.7 Å². The first-order chi connectivity index (χ1) is 10.8. The lowest BCUT2D eigenvalue weighted by atomic mass is 10.1. The third kappa shape index (κ3) is 2.46. The van der Waals surface area contributed by atoms with Gasteiger partial charge in [0.05, 0.1) is 0 Å². The van der Waals surface area contributed by atoms with Crippen LogP contribution < -0.4 is 5.32 Å². The lowest BCUT2D eigenvalue weighted by Gasteiger charge is -2.14. The number of hydrogen-bond acceptors (Lipinski definition) is 2. The number of imidazole rings is 1. The predicted octanol–water partition coefficient (Wildman–Crippen LogP) is 5.01. The maximum atomic E-state index is 6.16. The second-order valence-corrected chi connectivity index (χ2v) is 6.31. The van der Waals surface area contributed by atoms with Gasteiger partial charge in [-0.05, 0) is 37.1 Å². The molecular weight excluding hydrogens is 294 g/mol. The van der Waals surface area contributed by atoms with Crippen molar-refractivity contribution in [2.75, 3.05) is 5.32 Å². The lowest BCUT2D eigenvalue weighted by molar-refractivity contribution is 0.749. The Bertz CT molecular complexity index is 803. The average molecular weight is 312 g/mol. The van der Waals surface area contributed by atoms with Crippen molar-refractivity contribution in [1.29, 1.82) is 0 Å². The second-order valence-electron chi connectivity index (χ2n) is 5.87. The Balaban J connectivity index is 1.85. The Labute approximate surface area is 134 Å². The van der Waals surface area contributed by atoms with Crippen LogP contribution in [0.4, 0.5) is 5.82 Å². The van der Waals surface area contributed by atoms with Crippen molar-refractivity contribution >= 4 is 23.1 Å². The molecule has 3 aromatic rings. The zero-order valence-electron chi connectivity index (χ0n) is 12.3. The van der Waals surface area contributed by atoms with Crippen molar-refractivity contribution in [2.24, 2.45) is 0 Å². The highest BCUT2D eigenvalue weighted by Gasteiger charge is 2.20. The van der Waals surface area contributed by atoms with E-state index in [2.05, 4.69) is 22.0 Å². The molecule has 2 aromatic heterocycles. The Morgan fingerprint density at radius 3 is 2.77 bits per heavy atom.